The van der Waals surface area contributed by atoms with E-state index >= 15 is 0 Å². The van der Waals surface area contributed by atoms with E-state index in [-0.39, 0.29) is 15.8 Å². The molecule has 8 unspecified atom stereocenters. The average Bonchev–Trinajstić information content (AvgIpc) is 3.06. The quantitative estimate of drug-likeness (QED) is 0.410. The van der Waals surface area contributed by atoms with Crippen LogP contribution < -0.4 is 0 Å². The Bertz CT molecular complexity index is 624. The Morgan fingerprint density at radius 2 is 1.77 bits per heavy atom. The molecule has 174 valence electrons. The van der Waals surface area contributed by atoms with Crippen LogP contribution >= 0.6 is 12.1 Å². The lowest BCUT2D eigenvalue weighted by Gasteiger charge is -2.64. The third-order valence-corrected chi connectivity index (χ3v) is 11.9. The van der Waals surface area contributed by atoms with Crippen molar-refractivity contribution < 1.29 is 8.62 Å². The van der Waals surface area contributed by atoms with Gasteiger partial charge in [-0.05, 0) is 99.2 Å². The van der Waals surface area contributed by atoms with Gasteiger partial charge in [0.2, 0.25) is 0 Å². The molecular weight excluding hydrogens is 391 g/mol. The van der Waals surface area contributed by atoms with Crippen LogP contribution in [0.25, 0.3) is 0 Å². The minimum atomic E-state index is -0.218. The minimum Gasteiger partial charge on any atom is -0.374 e. The number of rotatable bonds is 6. The lowest BCUT2D eigenvalue weighted by molar-refractivity contribution is -0.250. The number of halogens is 1. The van der Waals surface area contributed by atoms with E-state index in [9.17, 15) is 3.89 Å². The van der Waals surface area contributed by atoms with Crippen LogP contribution in [0.5, 0.6) is 0 Å². The van der Waals surface area contributed by atoms with Gasteiger partial charge in [0.15, 0.2) is 0 Å². The van der Waals surface area contributed by atoms with E-state index < -0.39 is 0 Å². The van der Waals surface area contributed by atoms with Gasteiger partial charge in [0.25, 0.3) is 0 Å². The molecule has 3 saturated carbocycles. The van der Waals surface area contributed by atoms with Crippen LogP contribution in [-0.4, -0.2) is 17.0 Å². The van der Waals surface area contributed by atoms with Gasteiger partial charge in [0, 0.05) is 4.75 Å². The second-order valence-corrected chi connectivity index (χ2v) is 14.0. The first kappa shape index (κ1) is 23.4. The zero-order valence-corrected chi connectivity index (χ0v) is 21.4. The molecule has 0 radical (unpaired) electrons. The summed E-state index contributed by atoms with van der Waals surface area (Å²) in [7, 11) is 0. The summed E-state index contributed by atoms with van der Waals surface area (Å²) in [4.78, 5) is 0. The molecule has 0 aromatic rings. The van der Waals surface area contributed by atoms with Gasteiger partial charge in [-0.3, -0.25) is 0 Å². The molecule has 1 heterocycles. The van der Waals surface area contributed by atoms with Crippen molar-refractivity contribution in [3.05, 3.63) is 0 Å². The lowest BCUT2D eigenvalue weighted by Crippen LogP contribution is -2.63. The van der Waals surface area contributed by atoms with Crippen LogP contribution in [0.1, 0.15) is 112 Å². The molecule has 4 aliphatic rings. The molecule has 0 aromatic heterocycles. The Morgan fingerprint density at radius 3 is 2.47 bits per heavy atom. The molecule has 1 aliphatic heterocycles. The smallest absolute Gasteiger partial charge is 0.0710 e. The molecule has 1 saturated heterocycles. The zero-order chi connectivity index (χ0) is 21.8. The van der Waals surface area contributed by atoms with Crippen LogP contribution in [0.2, 0.25) is 0 Å². The molecular formula is C27H47FOS. The lowest BCUT2D eigenvalue weighted by atomic mass is 9.46. The molecule has 8 atom stereocenters. The van der Waals surface area contributed by atoms with E-state index in [0.29, 0.717) is 35.3 Å². The average molecular weight is 439 g/mol. The van der Waals surface area contributed by atoms with Crippen molar-refractivity contribution in [2.24, 2.45) is 40.4 Å². The SMILES string of the molecule is CC(C)CCCC(C)(SF)C1CCC2C3COC4(C)CCCCC4(C)C3CCC21C. The Hall–Kier alpha value is 0.240. The van der Waals surface area contributed by atoms with Crippen LogP contribution in [0, 0.1) is 40.4 Å². The molecule has 3 heteroatoms. The van der Waals surface area contributed by atoms with Gasteiger partial charge in [0.1, 0.15) is 0 Å². The van der Waals surface area contributed by atoms with Gasteiger partial charge in [-0.15, -0.1) is 0 Å². The fraction of sp³-hybridized carbons (Fsp3) is 1.00. The van der Waals surface area contributed by atoms with Crippen molar-refractivity contribution in [2.75, 3.05) is 6.61 Å². The number of fused-ring (bicyclic) bond motifs is 5. The van der Waals surface area contributed by atoms with Gasteiger partial charge in [-0.25, -0.2) is 0 Å². The standard InChI is InChI=1S/C27H47FOS/c1-19(2)10-9-15-26(5,30-28)23-12-11-21-20-18-29-27(6)16-8-7-14-25(27,4)22(20)13-17-24(21,23)3/h19-23H,7-18H2,1-6H3. The molecule has 0 aromatic carbocycles. The molecule has 0 N–H and O–H groups in total. The van der Waals surface area contributed by atoms with Crippen molar-refractivity contribution in [3.8, 4) is 0 Å². The molecule has 1 nitrogen and oxygen atoms in total. The highest BCUT2D eigenvalue weighted by atomic mass is 32.2. The van der Waals surface area contributed by atoms with Crippen molar-refractivity contribution in [2.45, 2.75) is 123 Å². The molecule has 0 amide bonds. The summed E-state index contributed by atoms with van der Waals surface area (Å²) in [5.41, 5.74) is 0.705. The van der Waals surface area contributed by atoms with E-state index in [1.807, 2.05) is 0 Å². The van der Waals surface area contributed by atoms with E-state index in [1.165, 1.54) is 57.8 Å². The van der Waals surface area contributed by atoms with Crippen molar-refractivity contribution >= 4 is 12.1 Å². The molecule has 0 bridgehead atoms. The summed E-state index contributed by atoms with van der Waals surface area (Å²) in [5.74, 6) is 3.44. The summed E-state index contributed by atoms with van der Waals surface area (Å²) in [6, 6.07) is 0. The van der Waals surface area contributed by atoms with Crippen molar-refractivity contribution in [3.63, 3.8) is 0 Å². The maximum Gasteiger partial charge on any atom is 0.0710 e. The first-order valence-corrected chi connectivity index (χ1v) is 13.7. The fourth-order valence-electron chi connectivity index (χ4n) is 9.04. The maximum atomic E-state index is 14.5. The van der Waals surface area contributed by atoms with Gasteiger partial charge in [0.05, 0.1) is 24.4 Å². The summed E-state index contributed by atoms with van der Waals surface area (Å²) < 4.78 is 21.0. The number of hydrogen-bond acceptors (Lipinski definition) is 2. The fourth-order valence-corrected chi connectivity index (χ4v) is 9.76. The largest absolute Gasteiger partial charge is 0.374 e. The topological polar surface area (TPSA) is 9.23 Å². The van der Waals surface area contributed by atoms with E-state index in [2.05, 4.69) is 41.5 Å². The summed E-state index contributed by atoms with van der Waals surface area (Å²) in [6.45, 7) is 15.3. The Balaban J connectivity index is 1.55. The van der Waals surface area contributed by atoms with Gasteiger partial charge >= 0.3 is 0 Å². The van der Waals surface area contributed by atoms with Crippen LogP contribution in [-0.2, 0) is 4.74 Å². The highest BCUT2D eigenvalue weighted by Crippen LogP contribution is 2.69. The minimum absolute atomic E-state index is 0.0817. The van der Waals surface area contributed by atoms with Crippen LogP contribution in [0.3, 0.4) is 0 Å². The maximum absolute atomic E-state index is 14.5. The first-order valence-electron chi connectivity index (χ1n) is 13.0. The Labute approximate surface area is 190 Å². The third-order valence-electron chi connectivity index (χ3n) is 11.0. The monoisotopic (exact) mass is 438 g/mol. The Morgan fingerprint density at radius 1 is 1.03 bits per heavy atom. The predicted octanol–water partition coefficient (Wildman–Crippen LogP) is 8.62. The summed E-state index contributed by atoms with van der Waals surface area (Å²) in [5, 5.41) is 0. The molecule has 3 aliphatic carbocycles. The zero-order valence-electron chi connectivity index (χ0n) is 20.6. The van der Waals surface area contributed by atoms with Crippen molar-refractivity contribution in [1.29, 1.82) is 0 Å². The van der Waals surface area contributed by atoms with Gasteiger partial charge in [-0.1, -0.05) is 53.4 Å². The second kappa shape index (κ2) is 8.23. The van der Waals surface area contributed by atoms with Crippen molar-refractivity contribution in [1.82, 2.24) is 0 Å². The normalized spacial score (nSPS) is 48.0. The third kappa shape index (κ3) is 3.51. The molecule has 30 heavy (non-hydrogen) atoms. The molecule has 4 fully saturated rings. The summed E-state index contributed by atoms with van der Waals surface area (Å²) >= 11 is 0.690. The van der Waals surface area contributed by atoms with E-state index in [4.69, 9.17) is 4.74 Å². The predicted molar refractivity (Wildman–Crippen MR) is 127 cm³/mol. The highest BCUT2D eigenvalue weighted by molar-refractivity contribution is 7.95. The van der Waals surface area contributed by atoms with E-state index in [0.717, 1.165) is 31.3 Å². The second-order valence-electron chi connectivity index (χ2n) is 12.9. The highest BCUT2D eigenvalue weighted by Gasteiger charge is 2.65. The van der Waals surface area contributed by atoms with Crippen LogP contribution in [0.15, 0.2) is 0 Å². The Kier molecular flexibility index (Phi) is 6.42. The number of ether oxygens (including phenoxy) is 1. The first-order chi connectivity index (χ1) is 14.1. The van der Waals surface area contributed by atoms with Gasteiger partial charge in [-0.2, -0.15) is 3.89 Å². The van der Waals surface area contributed by atoms with E-state index in [1.54, 1.807) is 0 Å². The number of hydrogen-bond donors (Lipinski definition) is 0. The summed E-state index contributed by atoms with van der Waals surface area (Å²) in [6.07, 6.45) is 13.8. The van der Waals surface area contributed by atoms with Crippen LogP contribution in [0.4, 0.5) is 3.89 Å². The molecule has 0 spiro atoms. The molecule has 4 rings (SSSR count). The van der Waals surface area contributed by atoms with Gasteiger partial charge < -0.3 is 4.74 Å².